The van der Waals surface area contributed by atoms with E-state index in [2.05, 4.69) is 22.3 Å². The predicted molar refractivity (Wildman–Crippen MR) is 112 cm³/mol. The van der Waals surface area contributed by atoms with E-state index in [4.69, 9.17) is 16.2 Å². The summed E-state index contributed by atoms with van der Waals surface area (Å²) in [6, 6.07) is 8.27. The van der Waals surface area contributed by atoms with E-state index in [9.17, 15) is 0 Å². The Hall–Kier alpha value is -2.80. The van der Waals surface area contributed by atoms with Crippen molar-refractivity contribution in [2.45, 2.75) is 51.0 Å². The van der Waals surface area contributed by atoms with Gasteiger partial charge in [0.1, 0.15) is 11.6 Å². The highest BCUT2D eigenvalue weighted by molar-refractivity contribution is 5.80. The van der Waals surface area contributed by atoms with Crippen molar-refractivity contribution in [1.29, 1.82) is 0 Å². The van der Waals surface area contributed by atoms with Gasteiger partial charge in [0.05, 0.1) is 12.3 Å². The number of nitrogens with one attached hydrogen (secondary N) is 1. The van der Waals surface area contributed by atoms with Gasteiger partial charge < -0.3 is 21.5 Å². The number of hydrogen-bond donors (Lipinski definition) is 3. The molecule has 7 heteroatoms. The number of ether oxygens (including phenoxy) is 1. The molecule has 0 amide bonds. The van der Waals surface area contributed by atoms with E-state index in [0.717, 1.165) is 67.0 Å². The van der Waals surface area contributed by atoms with E-state index in [1.54, 1.807) is 10.7 Å². The fourth-order valence-corrected chi connectivity index (χ4v) is 3.92. The number of imidazole rings is 1. The van der Waals surface area contributed by atoms with Gasteiger partial charge in [-0.25, -0.2) is 9.50 Å². The van der Waals surface area contributed by atoms with Gasteiger partial charge in [-0.1, -0.05) is 6.92 Å². The highest BCUT2D eigenvalue weighted by Crippen LogP contribution is 2.41. The summed E-state index contributed by atoms with van der Waals surface area (Å²) in [5.41, 5.74) is 16.2. The SMILES string of the molecule is CCCOc1ccc(Nc2c3nccn3nc(N)c2[C@H]2CC[C@H](N)CC2)cc1. The van der Waals surface area contributed by atoms with Crippen molar-refractivity contribution in [1.82, 2.24) is 14.6 Å². The number of nitrogens with two attached hydrogens (primary N) is 2. The van der Waals surface area contributed by atoms with Crippen molar-refractivity contribution in [2.75, 3.05) is 17.7 Å². The lowest BCUT2D eigenvalue weighted by Crippen LogP contribution is -2.26. The van der Waals surface area contributed by atoms with Crippen LogP contribution in [0.1, 0.15) is 50.5 Å². The van der Waals surface area contributed by atoms with Crippen molar-refractivity contribution < 1.29 is 4.74 Å². The molecule has 1 saturated carbocycles. The van der Waals surface area contributed by atoms with E-state index in [0.29, 0.717) is 11.7 Å². The van der Waals surface area contributed by atoms with Crippen LogP contribution in [0.5, 0.6) is 5.75 Å². The summed E-state index contributed by atoms with van der Waals surface area (Å²) in [5.74, 6) is 1.76. The van der Waals surface area contributed by atoms with Gasteiger partial charge >= 0.3 is 0 Å². The molecule has 0 aliphatic heterocycles. The highest BCUT2D eigenvalue weighted by atomic mass is 16.5. The maximum absolute atomic E-state index is 6.39. The van der Waals surface area contributed by atoms with Gasteiger partial charge in [0, 0.05) is 29.7 Å². The maximum Gasteiger partial charge on any atom is 0.177 e. The molecule has 3 aromatic rings. The zero-order valence-corrected chi connectivity index (χ0v) is 16.3. The Balaban J connectivity index is 1.68. The van der Waals surface area contributed by atoms with E-state index in [1.165, 1.54) is 0 Å². The number of rotatable bonds is 6. The monoisotopic (exact) mass is 380 g/mol. The standard InChI is InChI=1S/C21H28N6O/c1-2-13-28-17-9-7-16(8-10-17)25-19-18(14-3-5-15(22)6-4-14)20(23)26-27-12-11-24-21(19)27/h7-12,14-15,25H,2-6,13,22H2,1H3,(H2,23,26)/t14-,15-. The number of hydrogen-bond acceptors (Lipinski definition) is 6. The number of benzene rings is 1. The third-order valence-electron chi connectivity index (χ3n) is 5.38. The average molecular weight is 380 g/mol. The summed E-state index contributed by atoms with van der Waals surface area (Å²) < 4.78 is 7.41. The van der Waals surface area contributed by atoms with Gasteiger partial charge in [0.25, 0.3) is 0 Å². The fraction of sp³-hybridized carbons (Fsp3) is 0.429. The summed E-state index contributed by atoms with van der Waals surface area (Å²) in [6.45, 7) is 2.82. The Morgan fingerprint density at radius 3 is 2.64 bits per heavy atom. The van der Waals surface area contributed by atoms with Crippen molar-refractivity contribution in [2.24, 2.45) is 5.73 Å². The van der Waals surface area contributed by atoms with E-state index >= 15 is 0 Å². The molecule has 2 aromatic heterocycles. The minimum absolute atomic E-state index is 0.285. The van der Waals surface area contributed by atoms with Gasteiger partial charge in [-0.2, -0.15) is 0 Å². The molecule has 1 fully saturated rings. The minimum atomic E-state index is 0.285. The average Bonchev–Trinajstić information content (AvgIpc) is 3.17. The van der Waals surface area contributed by atoms with E-state index in [1.807, 2.05) is 30.5 Å². The zero-order chi connectivity index (χ0) is 19.5. The second kappa shape index (κ2) is 8.06. The van der Waals surface area contributed by atoms with Crippen LogP contribution in [-0.2, 0) is 0 Å². The first kappa shape index (κ1) is 18.6. The van der Waals surface area contributed by atoms with Crippen molar-refractivity contribution in [3.63, 3.8) is 0 Å². The Morgan fingerprint density at radius 1 is 1.18 bits per heavy atom. The van der Waals surface area contributed by atoms with Crippen LogP contribution in [0.2, 0.25) is 0 Å². The topological polar surface area (TPSA) is 103 Å². The molecule has 0 bridgehead atoms. The van der Waals surface area contributed by atoms with Crippen LogP contribution < -0.4 is 21.5 Å². The fourth-order valence-electron chi connectivity index (χ4n) is 3.92. The number of anilines is 3. The molecule has 28 heavy (non-hydrogen) atoms. The lowest BCUT2D eigenvalue weighted by Gasteiger charge is -2.28. The van der Waals surface area contributed by atoms with Crippen LogP contribution >= 0.6 is 0 Å². The second-order valence-corrected chi connectivity index (χ2v) is 7.48. The lowest BCUT2D eigenvalue weighted by molar-refractivity contribution is 0.317. The third-order valence-corrected chi connectivity index (χ3v) is 5.38. The van der Waals surface area contributed by atoms with Gasteiger partial charge in [-0.3, -0.25) is 0 Å². The molecule has 7 nitrogen and oxygen atoms in total. The Labute approximate surface area is 165 Å². The molecule has 2 heterocycles. The minimum Gasteiger partial charge on any atom is -0.494 e. The Bertz CT molecular complexity index is 928. The van der Waals surface area contributed by atoms with Crippen LogP contribution in [-0.4, -0.2) is 27.2 Å². The van der Waals surface area contributed by atoms with Crippen LogP contribution in [0.25, 0.3) is 5.65 Å². The number of nitrogen functional groups attached to an aromatic ring is 1. The molecule has 148 valence electrons. The van der Waals surface area contributed by atoms with Crippen LogP contribution in [0.4, 0.5) is 17.2 Å². The number of fused-ring (bicyclic) bond motifs is 1. The normalized spacial score (nSPS) is 19.6. The lowest BCUT2D eigenvalue weighted by atomic mass is 9.81. The van der Waals surface area contributed by atoms with Gasteiger partial charge in [-0.15, -0.1) is 5.10 Å². The first-order valence-electron chi connectivity index (χ1n) is 10.0. The molecule has 0 atom stereocenters. The predicted octanol–water partition coefficient (Wildman–Crippen LogP) is 3.83. The Morgan fingerprint density at radius 2 is 1.93 bits per heavy atom. The molecule has 1 aliphatic carbocycles. The summed E-state index contributed by atoms with van der Waals surface area (Å²) in [5, 5.41) is 8.06. The summed E-state index contributed by atoms with van der Waals surface area (Å²) in [7, 11) is 0. The van der Waals surface area contributed by atoms with Gasteiger partial charge in [0.2, 0.25) is 0 Å². The molecule has 1 aliphatic rings. The van der Waals surface area contributed by atoms with Gasteiger partial charge in [-0.05, 0) is 62.3 Å². The quantitative estimate of drug-likeness (QED) is 0.600. The second-order valence-electron chi connectivity index (χ2n) is 7.48. The molecule has 0 radical (unpaired) electrons. The molecule has 4 rings (SSSR count). The first-order chi connectivity index (χ1) is 13.7. The van der Waals surface area contributed by atoms with Crippen molar-refractivity contribution >= 4 is 22.8 Å². The first-order valence-corrected chi connectivity index (χ1v) is 10.0. The molecule has 0 spiro atoms. The zero-order valence-electron chi connectivity index (χ0n) is 16.3. The van der Waals surface area contributed by atoms with Gasteiger partial charge in [0.15, 0.2) is 5.65 Å². The molecule has 0 saturated heterocycles. The Kier molecular flexibility index (Phi) is 5.34. The van der Waals surface area contributed by atoms with E-state index in [-0.39, 0.29) is 6.04 Å². The number of aromatic nitrogens is 3. The third kappa shape index (κ3) is 3.75. The molecule has 1 aromatic carbocycles. The van der Waals surface area contributed by atoms with E-state index < -0.39 is 0 Å². The summed E-state index contributed by atoms with van der Waals surface area (Å²) >= 11 is 0. The van der Waals surface area contributed by atoms with Crippen molar-refractivity contribution in [3.05, 3.63) is 42.2 Å². The summed E-state index contributed by atoms with van der Waals surface area (Å²) in [4.78, 5) is 4.52. The molecule has 0 unspecified atom stereocenters. The van der Waals surface area contributed by atoms with Crippen molar-refractivity contribution in [3.8, 4) is 5.75 Å². The molecular weight excluding hydrogens is 352 g/mol. The number of nitrogens with zero attached hydrogens (tertiary/aromatic N) is 3. The highest BCUT2D eigenvalue weighted by Gasteiger charge is 2.27. The smallest absolute Gasteiger partial charge is 0.177 e. The largest absolute Gasteiger partial charge is 0.494 e. The van der Waals surface area contributed by atoms with Crippen LogP contribution in [0, 0.1) is 0 Å². The molecule has 5 N–H and O–H groups in total. The summed E-state index contributed by atoms with van der Waals surface area (Å²) in [6.07, 6.45) is 8.60. The molecular formula is C21H28N6O. The van der Waals surface area contributed by atoms with Crippen LogP contribution in [0.15, 0.2) is 36.7 Å². The maximum atomic E-state index is 6.39. The van der Waals surface area contributed by atoms with Crippen LogP contribution in [0.3, 0.4) is 0 Å².